The summed E-state index contributed by atoms with van der Waals surface area (Å²) in [5, 5.41) is 8.84. The summed E-state index contributed by atoms with van der Waals surface area (Å²) in [5.41, 5.74) is 5.81. The summed E-state index contributed by atoms with van der Waals surface area (Å²) in [7, 11) is 0. The monoisotopic (exact) mass is 216 g/mol. The molecule has 1 amide bonds. The minimum atomic E-state index is -0.428. The van der Waals surface area contributed by atoms with Crippen molar-refractivity contribution in [2.45, 2.75) is 39.7 Å². The first-order chi connectivity index (χ1) is 7.02. The highest BCUT2D eigenvalue weighted by Gasteiger charge is 2.20. The molecule has 4 nitrogen and oxygen atoms in total. The average Bonchev–Trinajstić information content (AvgIpc) is 2.15. The first-order valence-electron chi connectivity index (χ1n) is 5.68. The van der Waals surface area contributed by atoms with E-state index in [1.165, 1.54) is 0 Å². The van der Waals surface area contributed by atoms with Crippen molar-refractivity contribution in [2.24, 2.45) is 11.7 Å². The Kier molecular flexibility index (Phi) is 7.34. The molecule has 0 aliphatic rings. The fourth-order valence-corrected chi connectivity index (χ4v) is 1.57. The number of nitrogens with two attached hydrogens (primary N) is 1. The van der Waals surface area contributed by atoms with Crippen LogP contribution in [0.3, 0.4) is 0 Å². The van der Waals surface area contributed by atoms with Crippen molar-refractivity contribution in [3.8, 4) is 0 Å². The summed E-state index contributed by atoms with van der Waals surface area (Å²) < 4.78 is 0. The summed E-state index contributed by atoms with van der Waals surface area (Å²) in [6.07, 6.45) is 1.59. The van der Waals surface area contributed by atoms with Gasteiger partial charge in [0.1, 0.15) is 0 Å². The molecule has 0 fully saturated rings. The SMILES string of the molecule is CCCN(CCO)C(=O)C(N)CC(C)C. The molecule has 0 bridgehead atoms. The third-order valence-corrected chi connectivity index (χ3v) is 2.22. The van der Waals surface area contributed by atoms with Crippen molar-refractivity contribution < 1.29 is 9.90 Å². The van der Waals surface area contributed by atoms with Crippen LogP contribution in [0, 0.1) is 5.92 Å². The summed E-state index contributed by atoms with van der Waals surface area (Å²) in [6.45, 7) is 7.15. The van der Waals surface area contributed by atoms with E-state index in [-0.39, 0.29) is 12.5 Å². The normalized spacial score (nSPS) is 12.9. The Morgan fingerprint density at radius 2 is 2.00 bits per heavy atom. The molecule has 0 saturated carbocycles. The Morgan fingerprint density at radius 3 is 2.40 bits per heavy atom. The fraction of sp³-hybridized carbons (Fsp3) is 0.909. The third kappa shape index (κ3) is 5.74. The Labute approximate surface area is 92.4 Å². The second-order valence-corrected chi connectivity index (χ2v) is 4.28. The van der Waals surface area contributed by atoms with E-state index in [2.05, 4.69) is 0 Å². The Bertz CT molecular complexity index is 177. The van der Waals surface area contributed by atoms with Crippen LogP contribution in [-0.2, 0) is 4.79 Å². The molecule has 0 rings (SSSR count). The molecule has 0 radical (unpaired) electrons. The van der Waals surface area contributed by atoms with Gasteiger partial charge >= 0.3 is 0 Å². The van der Waals surface area contributed by atoms with Crippen LogP contribution in [0.5, 0.6) is 0 Å². The number of rotatable bonds is 7. The van der Waals surface area contributed by atoms with Crippen molar-refractivity contribution in [2.75, 3.05) is 19.7 Å². The van der Waals surface area contributed by atoms with Crippen LogP contribution in [-0.4, -0.2) is 41.7 Å². The van der Waals surface area contributed by atoms with Gasteiger partial charge in [-0.2, -0.15) is 0 Å². The number of nitrogens with zero attached hydrogens (tertiary/aromatic N) is 1. The summed E-state index contributed by atoms with van der Waals surface area (Å²) >= 11 is 0. The molecular weight excluding hydrogens is 192 g/mol. The number of carbonyl (C=O) groups is 1. The molecule has 4 heteroatoms. The first kappa shape index (κ1) is 14.4. The minimum Gasteiger partial charge on any atom is -0.395 e. The van der Waals surface area contributed by atoms with Crippen LogP contribution in [0.2, 0.25) is 0 Å². The molecule has 0 spiro atoms. The number of amides is 1. The van der Waals surface area contributed by atoms with Gasteiger partial charge in [0, 0.05) is 13.1 Å². The van der Waals surface area contributed by atoms with Crippen LogP contribution in [0.1, 0.15) is 33.6 Å². The molecule has 90 valence electrons. The molecule has 0 aliphatic heterocycles. The minimum absolute atomic E-state index is 0.000137. The molecule has 15 heavy (non-hydrogen) atoms. The number of carbonyl (C=O) groups excluding carboxylic acids is 1. The van der Waals surface area contributed by atoms with Crippen molar-refractivity contribution in [3.05, 3.63) is 0 Å². The van der Waals surface area contributed by atoms with Gasteiger partial charge in [-0.15, -0.1) is 0 Å². The molecule has 0 aromatic carbocycles. The second kappa shape index (κ2) is 7.65. The van der Waals surface area contributed by atoms with E-state index in [0.29, 0.717) is 25.4 Å². The van der Waals surface area contributed by atoms with Crippen LogP contribution in [0.4, 0.5) is 0 Å². The maximum absolute atomic E-state index is 11.8. The lowest BCUT2D eigenvalue weighted by Crippen LogP contribution is -2.45. The van der Waals surface area contributed by atoms with Gasteiger partial charge < -0.3 is 15.7 Å². The van der Waals surface area contributed by atoms with Crippen LogP contribution in [0.15, 0.2) is 0 Å². The Morgan fingerprint density at radius 1 is 1.40 bits per heavy atom. The average molecular weight is 216 g/mol. The molecule has 0 aromatic rings. The highest BCUT2D eigenvalue weighted by Crippen LogP contribution is 2.06. The number of aliphatic hydroxyl groups excluding tert-OH is 1. The zero-order chi connectivity index (χ0) is 11.8. The number of hydrogen-bond acceptors (Lipinski definition) is 3. The standard InChI is InChI=1S/C11H24N2O2/c1-4-5-13(6-7-14)11(15)10(12)8-9(2)3/h9-10,14H,4-8,12H2,1-3H3. The van der Waals surface area contributed by atoms with E-state index in [1.807, 2.05) is 20.8 Å². The van der Waals surface area contributed by atoms with Gasteiger partial charge in [0.05, 0.1) is 12.6 Å². The molecule has 0 aliphatic carbocycles. The molecule has 3 N–H and O–H groups in total. The lowest BCUT2D eigenvalue weighted by molar-refractivity contribution is -0.133. The van der Waals surface area contributed by atoms with Crippen molar-refractivity contribution in [1.29, 1.82) is 0 Å². The van der Waals surface area contributed by atoms with Gasteiger partial charge in [-0.1, -0.05) is 20.8 Å². The van der Waals surface area contributed by atoms with E-state index in [4.69, 9.17) is 10.8 Å². The van der Waals surface area contributed by atoms with Crippen molar-refractivity contribution in [1.82, 2.24) is 4.90 Å². The van der Waals surface area contributed by atoms with Crippen LogP contribution < -0.4 is 5.73 Å². The second-order valence-electron chi connectivity index (χ2n) is 4.28. The summed E-state index contributed by atoms with van der Waals surface area (Å²) in [5.74, 6) is 0.376. The van der Waals surface area contributed by atoms with Gasteiger partial charge in [0.25, 0.3) is 0 Å². The Hall–Kier alpha value is -0.610. The van der Waals surface area contributed by atoms with Crippen molar-refractivity contribution in [3.63, 3.8) is 0 Å². The lowest BCUT2D eigenvalue weighted by Gasteiger charge is -2.25. The number of hydrogen-bond donors (Lipinski definition) is 2. The molecule has 0 aromatic heterocycles. The zero-order valence-corrected chi connectivity index (χ0v) is 10.1. The van der Waals surface area contributed by atoms with Gasteiger partial charge in [0.2, 0.25) is 5.91 Å². The molecule has 1 atom stereocenters. The van der Waals surface area contributed by atoms with E-state index < -0.39 is 6.04 Å². The first-order valence-corrected chi connectivity index (χ1v) is 5.68. The largest absolute Gasteiger partial charge is 0.395 e. The Balaban J connectivity index is 4.21. The molecule has 1 unspecified atom stereocenters. The third-order valence-electron chi connectivity index (χ3n) is 2.22. The van der Waals surface area contributed by atoms with E-state index in [0.717, 1.165) is 6.42 Å². The van der Waals surface area contributed by atoms with E-state index >= 15 is 0 Å². The fourth-order valence-electron chi connectivity index (χ4n) is 1.57. The zero-order valence-electron chi connectivity index (χ0n) is 10.1. The van der Waals surface area contributed by atoms with Crippen molar-refractivity contribution >= 4 is 5.91 Å². The summed E-state index contributed by atoms with van der Waals surface area (Å²) in [4.78, 5) is 13.5. The molecule has 0 heterocycles. The van der Waals surface area contributed by atoms with E-state index in [1.54, 1.807) is 4.90 Å². The van der Waals surface area contributed by atoms with Crippen LogP contribution >= 0.6 is 0 Å². The predicted molar refractivity (Wildman–Crippen MR) is 61.4 cm³/mol. The quantitative estimate of drug-likeness (QED) is 0.654. The maximum atomic E-state index is 11.8. The van der Waals surface area contributed by atoms with E-state index in [9.17, 15) is 4.79 Å². The smallest absolute Gasteiger partial charge is 0.239 e. The maximum Gasteiger partial charge on any atom is 0.239 e. The highest BCUT2D eigenvalue weighted by molar-refractivity contribution is 5.81. The van der Waals surface area contributed by atoms with Gasteiger partial charge in [-0.3, -0.25) is 4.79 Å². The lowest BCUT2D eigenvalue weighted by atomic mass is 10.0. The van der Waals surface area contributed by atoms with Gasteiger partial charge in [-0.05, 0) is 18.8 Å². The number of aliphatic hydroxyl groups is 1. The molecule has 0 saturated heterocycles. The predicted octanol–water partition coefficient (Wildman–Crippen LogP) is 0.591. The van der Waals surface area contributed by atoms with Gasteiger partial charge in [0.15, 0.2) is 0 Å². The van der Waals surface area contributed by atoms with Crippen LogP contribution in [0.25, 0.3) is 0 Å². The molecular formula is C11H24N2O2. The highest BCUT2D eigenvalue weighted by atomic mass is 16.3. The summed E-state index contributed by atoms with van der Waals surface area (Å²) in [6, 6.07) is -0.428. The van der Waals surface area contributed by atoms with Gasteiger partial charge in [-0.25, -0.2) is 0 Å². The topological polar surface area (TPSA) is 66.6 Å².